The molecule has 0 radical (unpaired) electrons. The maximum atomic E-state index is 11.8. The summed E-state index contributed by atoms with van der Waals surface area (Å²) in [6, 6.07) is 5.41. The van der Waals surface area contributed by atoms with Crippen LogP contribution in [-0.2, 0) is 4.79 Å². The van der Waals surface area contributed by atoms with Gasteiger partial charge in [0.1, 0.15) is 11.5 Å². The molecule has 6 heteroatoms. The average molecular weight is 290 g/mol. The van der Waals surface area contributed by atoms with E-state index in [0.29, 0.717) is 17.1 Å². The molecule has 2 aromatic heterocycles. The van der Waals surface area contributed by atoms with Crippen molar-refractivity contribution in [2.75, 3.05) is 0 Å². The van der Waals surface area contributed by atoms with Crippen molar-refractivity contribution in [3.63, 3.8) is 0 Å². The molecule has 0 aliphatic heterocycles. The molecule has 0 saturated heterocycles. The highest BCUT2D eigenvalue weighted by atomic mass is 32.1. The molecule has 0 aliphatic rings. The summed E-state index contributed by atoms with van der Waals surface area (Å²) in [4.78, 5) is 24.3. The van der Waals surface area contributed by atoms with Crippen LogP contribution in [0.4, 0.5) is 0 Å². The third kappa shape index (κ3) is 3.58. The van der Waals surface area contributed by atoms with Gasteiger partial charge < -0.3 is 4.42 Å². The molecule has 0 spiro atoms. The molecule has 5 nitrogen and oxygen atoms in total. The Morgan fingerprint density at radius 1 is 1.30 bits per heavy atom. The number of hydrogen-bond donors (Lipinski definition) is 2. The maximum Gasteiger partial charge on any atom is 0.273 e. The van der Waals surface area contributed by atoms with Crippen LogP contribution in [0.5, 0.6) is 0 Å². The van der Waals surface area contributed by atoms with Crippen LogP contribution in [0.2, 0.25) is 0 Å². The molecule has 2 rings (SSSR count). The van der Waals surface area contributed by atoms with Gasteiger partial charge in [-0.3, -0.25) is 20.4 Å². The van der Waals surface area contributed by atoms with Gasteiger partial charge >= 0.3 is 0 Å². The minimum Gasteiger partial charge on any atom is -0.466 e. The number of rotatable bonds is 3. The molecule has 2 amide bonds. The van der Waals surface area contributed by atoms with E-state index in [9.17, 15) is 9.59 Å². The lowest BCUT2D eigenvalue weighted by Gasteiger charge is -2.03. The van der Waals surface area contributed by atoms with Gasteiger partial charge in [0.25, 0.3) is 11.8 Å². The lowest BCUT2D eigenvalue weighted by molar-refractivity contribution is -0.117. The summed E-state index contributed by atoms with van der Waals surface area (Å²) < 4.78 is 5.25. The molecule has 2 aromatic rings. The Morgan fingerprint density at radius 3 is 2.70 bits per heavy atom. The Kier molecular flexibility index (Phi) is 4.37. The van der Waals surface area contributed by atoms with Crippen molar-refractivity contribution < 1.29 is 14.0 Å². The third-order valence-electron chi connectivity index (χ3n) is 2.53. The van der Waals surface area contributed by atoms with E-state index < -0.39 is 11.8 Å². The fraction of sp³-hybridized carbons (Fsp3) is 0.143. The van der Waals surface area contributed by atoms with E-state index in [-0.39, 0.29) is 0 Å². The minimum atomic E-state index is -0.405. The number of aryl methyl sites for hydroxylation is 2. The second-order valence-corrected chi connectivity index (χ2v) is 5.10. The van der Waals surface area contributed by atoms with Crippen LogP contribution >= 0.6 is 11.3 Å². The fourth-order valence-electron chi connectivity index (χ4n) is 1.63. The molecule has 0 aliphatic carbocycles. The second-order valence-electron chi connectivity index (χ2n) is 4.12. The van der Waals surface area contributed by atoms with E-state index in [1.54, 1.807) is 26.0 Å². The van der Waals surface area contributed by atoms with Crippen molar-refractivity contribution in [3.8, 4) is 0 Å². The average Bonchev–Trinajstić information content (AvgIpc) is 3.03. The first kappa shape index (κ1) is 14.1. The first-order valence-corrected chi connectivity index (χ1v) is 6.83. The molecule has 104 valence electrons. The Morgan fingerprint density at radius 2 is 2.10 bits per heavy atom. The number of nitrogens with one attached hydrogen (secondary N) is 2. The Labute approximate surface area is 120 Å². The zero-order chi connectivity index (χ0) is 14.5. The van der Waals surface area contributed by atoms with E-state index in [0.717, 1.165) is 4.88 Å². The lowest BCUT2D eigenvalue weighted by atomic mass is 10.2. The molecule has 20 heavy (non-hydrogen) atoms. The van der Waals surface area contributed by atoms with Crippen molar-refractivity contribution in [1.82, 2.24) is 10.9 Å². The first-order chi connectivity index (χ1) is 9.56. The maximum absolute atomic E-state index is 11.8. The monoisotopic (exact) mass is 290 g/mol. The number of thiophene rings is 1. The highest BCUT2D eigenvalue weighted by molar-refractivity contribution is 7.10. The summed E-state index contributed by atoms with van der Waals surface area (Å²) in [5.74, 6) is 0.363. The molecule has 2 heterocycles. The van der Waals surface area contributed by atoms with E-state index in [2.05, 4.69) is 10.9 Å². The van der Waals surface area contributed by atoms with E-state index in [1.807, 2.05) is 17.5 Å². The summed E-state index contributed by atoms with van der Waals surface area (Å²) in [5, 5.41) is 1.92. The molecule has 0 atom stereocenters. The number of hydrazine groups is 1. The molecule has 0 aromatic carbocycles. The predicted octanol–water partition coefficient (Wildman–Crippen LogP) is 2.43. The van der Waals surface area contributed by atoms with Crippen LogP contribution in [0.25, 0.3) is 6.08 Å². The standard InChI is InChI=1S/C14H14N2O3S/c1-9-8-12(10(2)19-9)14(18)16-15-13(17)6-5-11-4-3-7-20-11/h3-8H,1-2H3,(H,15,17)(H,16,18)/b6-5+. The van der Waals surface area contributed by atoms with Crippen LogP contribution in [0.3, 0.4) is 0 Å². The van der Waals surface area contributed by atoms with Gasteiger partial charge in [0, 0.05) is 11.0 Å². The van der Waals surface area contributed by atoms with Crippen molar-refractivity contribution in [1.29, 1.82) is 0 Å². The number of carbonyl (C=O) groups excluding carboxylic acids is 2. The molecule has 0 fully saturated rings. The van der Waals surface area contributed by atoms with E-state index >= 15 is 0 Å². The van der Waals surface area contributed by atoms with Crippen LogP contribution in [-0.4, -0.2) is 11.8 Å². The quantitative estimate of drug-likeness (QED) is 0.673. The molecular weight excluding hydrogens is 276 g/mol. The zero-order valence-electron chi connectivity index (χ0n) is 11.1. The molecule has 0 bridgehead atoms. The van der Waals surface area contributed by atoms with Gasteiger partial charge in [-0.2, -0.15) is 0 Å². The molecule has 0 saturated carbocycles. The molecule has 0 unspecified atom stereocenters. The summed E-state index contributed by atoms with van der Waals surface area (Å²) in [6.07, 6.45) is 3.04. The van der Waals surface area contributed by atoms with Gasteiger partial charge in [-0.1, -0.05) is 6.07 Å². The summed E-state index contributed by atoms with van der Waals surface area (Å²) >= 11 is 1.52. The third-order valence-corrected chi connectivity index (χ3v) is 3.36. The Bertz CT molecular complexity index is 641. The molecular formula is C14H14N2O3S. The number of amides is 2. The highest BCUT2D eigenvalue weighted by Crippen LogP contribution is 2.13. The fourth-order valence-corrected chi connectivity index (χ4v) is 2.25. The van der Waals surface area contributed by atoms with Gasteiger partial charge in [-0.15, -0.1) is 11.3 Å². The van der Waals surface area contributed by atoms with E-state index in [4.69, 9.17) is 4.42 Å². The lowest BCUT2D eigenvalue weighted by Crippen LogP contribution is -2.40. The van der Waals surface area contributed by atoms with Gasteiger partial charge in [-0.25, -0.2) is 0 Å². The van der Waals surface area contributed by atoms with Crippen molar-refractivity contribution >= 4 is 29.2 Å². The van der Waals surface area contributed by atoms with Crippen LogP contribution in [0.1, 0.15) is 26.8 Å². The van der Waals surface area contributed by atoms with Crippen molar-refractivity contribution in [3.05, 3.63) is 51.6 Å². The highest BCUT2D eigenvalue weighted by Gasteiger charge is 2.13. The van der Waals surface area contributed by atoms with Crippen LogP contribution in [0, 0.1) is 13.8 Å². The van der Waals surface area contributed by atoms with Crippen molar-refractivity contribution in [2.45, 2.75) is 13.8 Å². The smallest absolute Gasteiger partial charge is 0.273 e. The van der Waals surface area contributed by atoms with Gasteiger partial charge in [-0.05, 0) is 37.4 Å². The zero-order valence-corrected chi connectivity index (χ0v) is 11.9. The summed E-state index contributed by atoms with van der Waals surface area (Å²) in [5.41, 5.74) is 5.06. The minimum absolute atomic E-state index is 0.399. The number of carbonyl (C=O) groups is 2. The second kappa shape index (κ2) is 6.21. The van der Waals surface area contributed by atoms with Gasteiger partial charge in [0.2, 0.25) is 0 Å². The largest absolute Gasteiger partial charge is 0.466 e. The normalized spacial score (nSPS) is 10.7. The summed E-state index contributed by atoms with van der Waals surface area (Å²) in [7, 11) is 0. The molecule has 2 N–H and O–H groups in total. The van der Waals surface area contributed by atoms with Gasteiger partial charge in [0.15, 0.2) is 0 Å². The van der Waals surface area contributed by atoms with Crippen LogP contribution in [0.15, 0.2) is 34.1 Å². The van der Waals surface area contributed by atoms with Gasteiger partial charge in [0.05, 0.1) is 5.56 Å². The number of hydrogen-bond acceptors (Lipinski definition) is 4. The predicted molar refractivity (Wildman–Crippen MR) is 77.1 cm³/mol. The Hall–Kier alpha value is -2.34. The Balaban J connectivity index is 1.87. The van der Waals surface area contributed by atoms with Crippen molar-refractivity contribution in [2.24, 2.45) is 0 Å². The van der Waals surface area contributed by atoms with E-state index in [1.165, 1.54) is 17.4 Å². The SMILES string of the molecule is Cc1cc(C(=O)NNC(=O)/C=C/c2cccs2)c(C)o1. The van der Waals surface area contributed by atoms with Crippen LogP contribution < -0.4 is 10.9 Å². The first-order valence-electron chi connectivity index (χ1n) is 5.95. The topological polar surface area (TPSA) is 71.3 Å². The number of furan rings is 1. The summed E-state index contributed by atoms with van der Waals surface area (Å²) in [6.45, 7) is 3.45.